The van der Waals surface area contributed by atoms with Gasteiger partial charge in [-0.05, 0) is 46.1 Å². The van der Waals surface area contributed by atoms with E-state index in [1.165, 1.54) is 32.1 Å². The molecular formula is C12H26N2. The predicted molar refractivity (Wildman–Crippen MR) is 62.3 cm³/mol. The minimum absolute atomic E-state index is 0.228. The Balaban J connectivity index is 2.33. The Labute approximate surface area is 88.6 Å². The van der Waals surface area contributed by atoms with Crippen LogP contribution in [-0.2, 0) is 0 Å². The molecule has 14 heavy (non-hydrogen) atoms. The van der Waals surface area contributed by atoms with Gasteiger partial charge in [0.2, 0.25) is 0 Å². The van der Waals surface area contributed by atoms with E-state index >= 15 is 0 Å². The molecule has 0 aromatic rings. The minimum Gasteiger partial charge on any atom is -0.327 e. The number of nitrogens with one attached hydrogen (secondary N) is 1. The van der Waals surface area contributed by atoms with Gasteiger partial charge in [-0.2, -0.15) is 0 Å². The van der Waals surface area contributed by atoms with Crippen molar-refractivity contribution < 1.29 is 0 Å². The van der Waals surface area contributed by atoms with Crippen LogP contribution in [0.4, 0.5) is 0 Å². The summed E-state index contributed by atoms with van der Waals surface area (Å²) in [4.78, 5) is 0. The molecule has 0 aromatic heterocycles. The van der Waals surface area contributed by atoms with Gasteiger partial charge in [0.05, 0.1) is 0 Å². The van der Waals surface area contributed by atoms with Gasteiger partial charge in [0.1, 0.15) is 0 Å². The van der Waals surface area contributed by atoms with E-state index in [0.717, 1.165) is 6.54 Å². The summed E-state index contributed by atoms with van der Waals surface area (Å²) in [5, 5.41) is 3.57. The van der Waals surface area contributed by atoms with E-state index in [-0.39, 0.29) is 5.54 Å². The number of hydrogen-bond donors (Lipinski definition) is 2. The Morgan fingerprint density at radius 2 is 1.79 bits per heavy atom. The van der Waals surface area contributed by atoms with E-state index in [2.05, 4.69) is 26.1 Å². The lowest BCUT2D eigenvalue weighted by Gasteiger charge is -2.27. The van der Waals surface area contributed by atoms with Crippen molar-refractivity contribution in [3.05, 3.63) is 0 Å². The Bertz CT molecular complexity index is 160. The normalized spacial score (nSPS) is 30.0. The van der Waals surface area contributed by atoms with Crippen molar-refractivity contribution in [1.82, 2.24) is 5.32 Å². The van der Waals surface area contributed by atoms with Gasteiger partial charge in [-0.3, -0.25) is 0 Å². The molecule has 0 spiro atoms. The van der Waals surface area contributed by atoms with Crippen LogP contribution in [-0.4, -0.2) is 18.1 Å². The fraction of sp³-hybridized carbons (Fsp3) is 1.00. The highest BCUT2D eigenvalue weighted by molar-refractivity contribution is 4.81. The van der Waals surface area contributed by atoms with Crippen molar-refractivity contribution in [2.24, 2.45) is 11.7 Å². The molecule has 1 rings (SSSR count). The maximum Gasteiger partial charge on any atom is 0.00966 e. The standard InChI is InChI=1S/C12H26N2/c1-12(2,3)14-9-10-7-5-4-6-8-11(10)13/h10-11,14H,4-9,13H2,1-3H3. The summed E-state index contributed by atoms with van der Waals surface area (Å²) >= 11 is 0. The van der Waals surface area contributed by atoms with Gasteiger partial charge in [0.15, 0.2) is 0 Å². The summed E-state index contributed by atoms with van der Waals surface area (Å²) in [5.41, 5.74) is 6.40. The molecule has 2 nitrogen and oxygen atoms in total. The lowest BCUT2D eigenvalue weighted by atomic mass is 9.94. The minimum atomic E-state index is 0.228. The fourth-order valence-corrected chi connectivity index (χ4v) is 2.10. The van der Waals surface area contributed by atoms with Crippen molar-refractivity contribution in [1.29, 1.82) is 0 Å². The lowest BCUT2D eigenvalue weighted by molar-refractivity contribution is 0.322. The molecule has 1 fully saturated rings. The van der Waals surface area contributed by atoms with Crippen molar-refractivity contribution in [2.45, 2.75) is 64.5 Å². The summed E-state index contributed by atoms with van der Waals surface area (Å²) in [7, 11) is 0. The number of nitrogens with two attached hydrogens (primary N) is 1. The van der Waals surface area contributed by atoms with Gasteiger partial charge in [-0.1, -0.05) is 19.3 Å². The van der Waals surface area contributed by atoms with Crippen LogP contribution in [0.1, 0.15) is 52.9 Å². The average Bonchev–Trinajstić information content (AvgIpc) is 2.25. The smallest absolute Gasteiger partial charge is 0.00966 e. The third-order valence-electron chi connectivity index (χ3n) is 3.11. The molecule has 1 saturated carbocycles. The first-order valence-electron chi connectivity index (χ1n) is 5.99. The zero-order chi connectivity index (χ0) is 10.6. The Hall–Kier alpha value is -0.0800. The van der Waals surface area contributed by atoms with Gasteiger partial charge in [0, 0.05) is 11.6 Å². The van der Waals surface area contributed by atoms with Crippen LogP contribution in [0.5, 0.6) is 0 Å². The molecule has 2 heteroatoms. The summed E-state index contributed by atoms with van der Waals surface area (Å²) < 4.78 is 0. The van der Waals surface area contributed by atoms with E-state index in [0.29, 0.717) is 12.0 Å². The molecular weight excluding hydrogens is 172 g/mol. The molecule has 0 amide bonds. The van der Waals surface area contributed by atoms with Gasteiger partial charge in [-0.25, -0.2) is 0 Å². The molecule has 0 aliphatic heterocycles. The molecule has 0 aromatic carbocycles. The average molecular weight is 198 g/mol. The maximum atomic E-state index is 6.17. The van der Waals surface area contributed by atoms with Crippen LogP contribution < -0.4 is 11.1 Å². The van der Waals surface area contributed by atoms with E-state index < -0.39 is 0 Å². The molecule has 0 heterocycles. The zero-order valence-electron chi connectivity index (χ0n) is 9.97. The summed E-state index contributed by atoms with van der Waals surface area (Å²) in [6.45, 7) is 7.74. The fourth-order valence-electron chi connectivity index (χ4n) is 2.10. The highest BCUT2D eigenvalue weighted by Crippen LogP contribution is 2.22. The van der Waals surface area contributed by atoms with Crippen molar-refractivity contribution in [3.63, 3.8) is 0 Å². The largest absolute Gasteiger partial charge is 0.327 e. The van der Waals surface area contributed by atoms with Crippen LogP contribution in [0, 0.1) is 5.92 Å². The Morgan fingerprint density at radius 1 is 1.14 bits per heavy atom. The van der Waals surface area contributed by atoms with Crippen molar-refractivity contribution >= 4 is 0 Å². The van der Waals surface area contributed by atoms with E-state index in [1.807, 2.05) is 0 Å². The third-order valence-corrected chi connectivity index (χ3v) is 3.11. The van der Waals surface area contributed by atoms with Gasteiger partial charge < -0.3 is 11.1 Å². The molecule has 1 aliphatic carbocycles. The van der Waals surface area contributed by atoms with E-state index in [1.54, 1.807) is 0 Å². The first kappa shape index (κ1) is 12.0. The molecule has 0 radical (unpaired) electrons. The van der Waals surface area contributed by atoms with Crippen LogP contribution >= 0.6 is 0 Å². The van der Waals surface area contributed by atoms with Gasteiger partial charge >= 0.3 is 0 Å². The van der Waals surface area contributed by atoms with Gasteiger partial charge in [0.25, 0.3) is 0 Å². The molecule has 0 saturated heterocycles. The highest BCUT2D eigenvalue weighted by atomic mass is 15.0. The quantitative estimate of drug-likeness (QED) is 0.668. The molecule has 3 N–H and O–H groups in total. The lowest BCUT2D eigenvalue weighted by Crippen LogP contribution is -2.43. The van der Waals surface area contributed by atoms with E-state index in [9.17, 15) is 0 Å². The van der Waals surface area contributed by atoms with Crippen molar-refractivity contribution in [2.75, 3.05) is 6.54 Å². The van der Waals surface area contributed by atoms with Crippen LogP contribution in [0.15, 0.2) is 0 Å². The monoisotopic (exact) mass is 198 g/mol. The second kappa shape index (κ2) is 5.13. The topological polar surface area (TPSA) is 38.0 Å². The van der Waals surface area contributed by atoms with E-state index in [4.69, 9.17) is 5.73 Å². The number of hydrogen-bond acceptors (Lipinski definition) is 2. The second-order valence-corrected chi connectivity index (χ2v) is 5.69. The summed E-state index contributed by atoms with van der Waals surface area (Å²) in [5.74, 6) is 0.691. The summed E-state index contributed by atoms with van der Waals surface area (Å²) in [6.07, 6.45) is 6.60. The second-order valence-electron chi connectivity index (χ2n) is 5.69. The predicted octanol–water partition coefficient (Wildman–Crippen LogP) is 2.28. The molecule has 84 valence electrons. The third kappa shape index (κ3) is 4.43. The molecule has 2 unspecified atom stereocenters. The SMILES string of the molecule is CC(C)(C)NCC1CCCCCC1N. The molecule has 2 atom stereocenters. The molecule has 1 aliphatic rings. The molecule has 0 bridgehead atoms. The first-order valence-corrected chi connectivity index (χ1v) is 5.99. The number of rotatable bonds is 2. The summed E-state index contributed by atoms with van der Waals surface area (Å²) in [6, 6.07) is 0.423. The van der Waals surface area contributed by atoms with Crippen LogP contribution in [0.25, 0.3) is 0 Å². The van der Waals surface area contributed by atoms with Crippen LogP contribution in [0.2, 0.25) is 0 Å². The van der Waals surface area contributed by atoms with Crippen LogP contribution in [0.3, 0.4) is 0 Å². The Kier molecular flexibility index (Phi) is 4.39. The highest BCUT2D eigenvalue weighted by Gasteiger charge is 2.21. The maximum absolute atomic E-state index is 6.17. The first-order chi connectivity index (χ1) is 6.49. The van der Waals surface area contributed by atoms with Crippen molar-refractivity contribution in [3.8, 4) is 0 Å². The Morgan fingerprint density at radius 3 is 2.43 bits per heavy atom. The zero-order valence-corrected chi connectivity index (χ0v) is 9.97. The van der Waals surface area contributed by atoms with Gasteiger partial charge in [-0.15, -0.1) is 0 Å².